The second-order valence-electron chi connectivity index (χ2n) is 5.79. The standard InChI is InChI=1S/C19H17N3/c1-12-6-8-13(9-7-12)18-15-5-3-2-4-14(15)16(10-20)19(22)17(18)11-21/h6-9H,2-5,22H2,1H3. The zero-order valence-electron chi connectivity index (χ0n) is 12.6. The summed E-state index contributed by atoms with van der Waals surface area (Å²) in [4.78, 5) is 0. The summed E-state index contributed by atoms with van der Waals surface area (Å²) < 4.78 is 0. The molecule has 0 aromatic heterocycles. The highest BCUT2D eigenvalue weighted by atomic mass is 14.6. The molecule has 108 valence electrons. The summed E-state index contributed by atoms with van der Waals surface area (Å²) in [6.45, 7) is 2.04. The first-order valence-electron chi connectivity index (χ1n) is 7.51. The third-order valence-corrected chi connectivity index (χ3v) is 4.42. The Labute approximate surface area is 130 Å². The fourth-order valence-corrected chi connectivity index (χ4v) is 3.31. The number of nitriles is 2. The maximum absolute atomic E-state index is 9.60. The number of nitrogens with zero attached hydrogens (tertiary/aromatic N) is 2. The molecule has 0 saturated heterocycles. The van der Waals surface area contributed by atoms with E-state index in [1.807, 2.05) is 31.2 Å². The molecule has 0 amide bonds. The molecule has 2 N–H and O–H groups in total. The predicted molar refractivity (Wildman–Crippen MR) is 87.1 cm³/mol. The van der Waals surface area contributed by atoms with E-state index in [1.54, 1.807) is 0 Å². The number of rotatable bonds is 1. The minimum absolute atomic E-state index is 0.334. The van der Waals surface area contributed by atoms with E-state index in [0.29, 0.717) is 16.8 Å². The molecule has 0 spiro atoms. The summed E-state index contributed by atoms with van der Waals surface area (Å²) in [6.07, 6.45) is 3.93. The minimum atomic E-state index is 0.334. The van der Waals surface area contributed by atoms with Gasteiger partial charge >= 0.3 is 0 Å². The average Bonchev–Trinajstić information content (AvgIpc) is 2.55. The van der Waals surface area contributed by atoms with Gasteiger partial charge in [0, 0.05) is 5.56 Å². The summed E-state index contributed by atoms with van der Waals surface area (Å²) in [6, 6.07) is 12.6. The number of benzene rings is 2. The highest BCUT2D eigenvalue weighted by molar-refractivity contribution is 5.85. The number of nitrogen functional groups attached to an aromatic ring is 1. The Balaban J connectivity index is 2.38. The summed E-state index contributed by atoms with van der Waals surface area (Å²) in [7, 11) is 0. The highest BCUT2D eigenvalue weighted by Crippen LogP contribution is 2.40. The predicted octanol–water partition coefficient (Wildman–Crippen LogP) is 3.87. The molecule has 0 unspecified atom stereocenters. The van der Waals surface area contributed by atoms with E-state index in [9.17, 15) is 10.5 Å². The minimum Gasteiger partial charge on any atom is -0.397 e. The van der Waals surface area contributed by atoms with E-state index in [-0.39, 0.29) is 0 Å². The van der Waals surface area contributed by atoms with Crippen molar-refractivity contribution in [3.63, 3.8) is 0 Å². The van der Waals surface area contributed by atoms with Crippen molar-refractivity contribution in [3.05, 3.63) is 52.1 Å². The van der Waals surface area contributed by atoms with Crippen LogP contribution in [0, 0.1) is 29.6 Å². The Morgan fingerprint density at radius 3 is 2.09 bits per heavy atom. The van der Waals surface area contributed by atoms with Gasteiger partial charge in [-0.05, 0) is 49.3 Å². The zero-order valence-corrected chi connectivity index (χ0v) is 12.6. The van der Waals surface area contributed by atoms with Crippen LogP contribution in [0.25, 0.3) is 11.1 Å². The van der Waals surface area contributed by atoms with Gasteiger partial charge in [-0.2, -0.15) is 10.5 Å². The van der Waals surface area contributed by atoms with Gasteiger partial charge in [0.2, 0.25) is 0 Å². The number of hydrogen-bond donors (Lipinski definition) is 1. The lowest BCUT2D eigenvalue weighted by atomic mass is 9.80. The maximum Gasteiger partial charge on any atom is 0.102 e. The summed E-state index contributed by atoms with van der Waals surface area (Å²) in [5.74, 6) is 0. The average molecular weight is 287 g/mol. The van der Waals surface area contributed by atoms with Crippen molar-refractivity contribution in [2.45, 2.75) is 32.6 Å². The van der Waals surface area contributed by atoms with Crippen LogP contribution < -0.4 is 5.73 Å². The van der Waals surface area contributed by atoms with Crippen molar-refractivity contribution in [1.29, 1.82) is 10.5 Å². The first-order chi connectivity index (χ1) is 10.7. The molecule has 0 saturated carbocycles. The molecule has 0 heterocycles. The van der Waals surface area contributed by atoms with E-state index in [4.69, 9.17) is 5.73 Å². The SMILES string of the molecule is Cc1ccc(-c2c(C#N)c(N)c(C#N)c3c2CCCC3)cc1. The molecule has 2 aromatic rings. The molecule has 0 aliphatic heterocycles. The van der Waals surface area contributed by atoms with Crippen molar-refractivity contribution >= 4 is 5.69 Å². The van der Waals surface area contributed by atoms with Crippen LogP contribution in [0.15, 0.2) is 24.3 Å². The molecule has 1 aliphatic rings. The Morgan fingerprint density at radius 1 is 0.909 bits per heavy atom. The third kappa shape index (κ3) is 2.12. The number of nitrogens with two attached hydrogens (primary N) is 1. The van der Waals surface area contributed by atoms with Crippen molar-refractivity contribution in [2.24, 2.45) is 0 Å². The molecule has 0 fully saturated rings. The van der Waals surface area contributed by atoms with Crippen LogP contribution >= 0.6 is 0 Å². The van der Waals surface area contributed by atoms with Crippen molar-refractivity contribution in [3.8, 4) is 23.3 Å². The maximum atomic E-state index is 9.60. The van der Waals surface area contributed by atoms with Crippen molar-refractivity contribution in [2.75, 3.05) is 5.73 Å². The molecule has 0 bridgehead atoms. The number of fused-ring (bicyclic) bond motifs is 1. The quantitative estimate of drug-likeness (QED) is 0.809. The topological polar surface area (TPSA) is 73.6 Å². The van der Waals surface area contributed by atoms with Gasteiger partial charge in [-0.15, -0.1) is 0 Å². The van der Waals surface area contributed by atoms with Crippen LogP contribution in [0.5, 0.6) is 0 Å². The van der Waals surface area contributed by atoms with E-state index in [2.05, 4.69) is 12.1 Å². The Kier molecular flexibility index (Phi) is 3.57. The van der Waals surface area contributed by atoms with Crippen molar-refractivity contribution in [1.82, 2.24) is 0 Å². The molecule has 3 nitrogen and oxygen atoms in total. The Bertz CT molecular complexity index is 818. The van der Waals surface area contributed by atoms with Crippen LogP contribution in [0.2, 0.25) is 0 Å². The molecular formula is C19H17N3. The van der Waals surface area contributed by atoms with Crippen LogP contribution in [-0.2, 0) is 12.8 Å². The normalized spacial score (nSPS) is 13.0. The van der Waals surface area contributed by atoms with Gasteiger partial charge in [0.1, 0.15) is 12.1 Å². The van der Waals surface area contributed by atoms with Crippen LogP contribution in [-0.4, -0.2) is 0 Å². The van der Waals surface area contributed by atoms with Crippen LogP contribution in [0.3, 0.4) is 0 Å². The molecular weight excluding hydrogens is 270 g/mol. The Hall–Kier alpha value is -2.78. The van der Waals surface area contributed by atoms with Gasteiger partial charge in [-0.1, -0.05) is 29.8 Å². The Morgan fingerprint density at radius 2 is 1.50 bits per heavy atom. The second kappa shape index (κ2) is 5.54. The third-order valence-electron chi connectivity index (χ3n) is 4.42. The lowest BCUT2D eigenvalue weighted by molar-refractivity contribution is 0.685. The van der Waals surface area contributed by atoms with E-state index in [0.717, 1.165) is 47.9 Å². The molecule has 1 aliphatic carbocycles. The molecule has 0 radical (unpaired) electrons. The fraction of sp³-hybridized carbons (Fsp3) is 0.263. The summed E-state index contributed by atoms with van der Waals surface area (Å²) in [5.41, 5.74) is 12.7. The number of anilines is 1. The van der Waals surface area contributed by atoms with Gasteiger partial charge in [-0.3, -0.25) is 0 Å². The van der Waals surface area contributed by atoms with Crippen LogP contribution in [0.4, 0.5) is 5.69 Å². The van der Waals surface area contributed by atoms with E-state index in [1.165, 1.54) is 5.56 Å². The molecule has 3 rings (SSSR count). The van der Waals surface area contributed by atoms with Crippen LogP contribution in [0.1, 0.15) is 40.7 Å². The van der Waals surface area contributed by atoms with E-state index < -0.39 is 0 Å². The number of aryl methyl sites for hydroxylation is 1. The van der Waals surface area contributed by atoms with Gasteiger partial charge < -0.3 is 5.73 Å². The van der Waals surface area contributed by atoms with Gasteiger partial charge in [0.15, 0.2) is 0 Å². The number of hydrogen-bond acceptors (Lipinski definition) is 3. The lowest BCUT2D eigenvalue weighted by Crippen LogP contribution is -2.12. The van der Waals surface area contributed by atoms with Crippen molar-refractivity contribution < 1.29 is 0 Å². The van der Waals surface area contributed by atoms with E-state index >= 15 is 0 Å². The zero-order chi connectivity index (χ0) is 15.7. The summed E-state index contributed by atoms with van der Waals surface area (Å²) >= 11 is 0. The smallest absolute Gasteiger partial charge is 0.102 e. The molecule has 3 heteroatoms. The first-order valence-corrected chi connectivity index (χ1v) is 7.51. The monoisotopic (exact) mass is 287 g/mol. The van der Waals surface area contributed by atoms with Gasteiger partial charge in [-0.25, -0.2) is 0 Å². The van der Waals surface area contributed by atoms with Gasteiger partial charge in [0.05, 0.1) is 16.8 Å². The molecule has 0 atom stereocenters. The van der Waals surface area contributed by atoms with Gasteiger partial charge in [0.25, 0.3) is 0 Å². The highest BCUT2D eigenvalue weighted by Gasteiger charge is 2.24. The summed E-state index contributed by atoms with van der Waals surface area (Å²) in [5, 5.41) is 19.1. The fourth-order valence-electron chi connectivity index (χ4n) is 3.31. The second-order valence-corrected chi connectivity index (χ2v) is 5.79. The largest absolute Gasteiger partial charge is 0.397 e. The lowest BCUT2D eigenvalue weighted by Gasteiger charge is -2.23. The molecule has 2 aromatic carbocycles. The first kappa shape index (κ1) is 14.2. The molecule has 22 heavy (non-hydrogen) atoms.